The summed E-state index contributed by atoms with van der Waals surface area (Å²) in [6, 6.07) is 7.70. The highest BCUT2D eigenvalue weighted by molar-refractivity contribution is 7.99. The number of rotatable bonds is 6. The Hall–Kier alpha value is -2.69. The van der Waals surface area contributed by atoms with Gasteiger partial charge in [0.05, 0.1) is 16.9 Å². The van der Waals surface area contributed by atoms with E-state index < -0.39 is 0 Å². The van der Waals surface area contributed by atoms with Crippen LogP contribution in [-0.2, 0) is 6.54 Å². The van der Waals surface area contributed by atoms with Crippen molar-refractivity contribution in [2.24, 2.45) is 0 Å². The van der Waals surface area contributed by atoms with Crippen molar-refractivity contribution >= 4 is 44.7 Å². The molecule has 0 aromatic carbocycles. The summed E-state index contributed by atoms with van der Waals surface area (Å²) < 4.78 is 7.47. The quantitative estimate of drug-likeness (QED) is 0.343. The van der Waals surface area contributed by atoms with Gasteiger partial charge in [-0.05, 0) is 37.4 Å². The average molecular weight is 456 g/mol. The fraction of sp³-hybridized carbons (Fsp3) is 0.200. The number of fused-ring (bicyclic) bond motifs is 1. The molecule has 5 heterocycles. The molecule has 5 aromatic rings. The van der Waals surface area contributed by atoms with Gasteiger partial charge in [0.15, 0.2) is 16.7 Å². The molecule has 0 bridgehead atoms. The van der Waals surface area contributed by atoms with Crippen molar-refractivity contribution in [3.8, 4) is 22.0 Å². The van der Waals surface area contributed by atoms with Crippen LogP contribution in [0.5, 0.6) is 0 Å². The van der Waals surface area contributed by atoms with Crippen LogP contribution >= 0.6 is 34.4 Å². The van der Waals surface area contributed by atoms with Gasteiger partial charge in [0, 0.05) is 22.4 Å². The van der Waals surface area contributed by atoms with Gasteiger partial charge in [0.1, 0.15) is 10.7 Å². The molecule has 1 unspecified atom stereocenters. The zero-order chi connectivity index (χ0) is 20.7. The number of thiophene rings is 2. The number of nitrogens with zero attached hydrogens (tertiary/aromatic N) is 4. The number of nitrogens with one attached hydrogen (secondary N) is 1. The molecule has 0 radical (unpaired) electrons. The molecule has 5 rings (SSSR count). The molecule has 0 saturated carbocycles. The fourth-order valence-electron chi connectivity index (χ4n) is 3.23. The molecule has 30 heavy (non-hydrogen) atoms. The first-order valence-corrected chi connectivity index (χ1v) is 12.0. The van der Waals surface area contributed by atoms with Gasteiger partial charge in [-0.15, -0.1) is 32.9 Å². The molecular formula is C20H17N5O2S3. The van der Waals surface area contributed by atoms with Crippen molar-refractivity contribution < 1.29 is 4.42 Å². The molecule has 0 aliphatic heterocycles. The standard InChI is InChI=1S/C20H17N5O2S3/c1-3-25-17(13-6-4-8-27-13)23-24-20(25)30-11(2)16-21-18(26)15-12(10-29-19(15)22-16)14-7-5-9-28-14/h4-11H,3H2,1-2H3,(H,21,22,26). The van der Waals surface area contributed by atoms with E-state index in [2.05, 4.69) is 15.2 Å². The van der Waals surface area contributed by atoms with Gasteiger partial charge in [0.2, 0.25) is 0 Å². The van der Waals surface area contributed by atoms with Gasteiger partial charge >= 0.3 is 0 Å². The predicted molar refractivity (Wildman–Crippen MR) is 121 cm³/mol. The Morgan fingerprint density at radius 1 is 1.27 bits per heavy atom. The third-order valence-corrected chi connectivity index (χ3v) is 7.56. The van der Waals surface area contributed by atoms with Crippen molar-refractivity contribution in [1.82, 2.24) is 24.7 Å². The molecule has 1 N–H and O–H groups in total. The molecule has 10 heteroatoms. The third kappa shape index (κ3) is 3.30. The molecule has 0 amide bonds. The minimum atomic E-state index is -0.111. The number of hydrogen-bond acceptors (Lipinski definition) is 8. The summed E-state index contributed by atoms with van der Waals surface area (Å²) in [7, 11) is 0. The van der Waals surface area contributed by atoms with Crippen LogP contribution in [0.3, 0.4) is 0 Å². The summed E-state index contributed by atoms with van der Waals surface area (Å²) in [5.41, 5.74) is 0.833. The van der Waals surface area contributed by atoms with E-state index in [0.29, 0.717) is 29.3 Å². The van der Waals surface area contributed by atoms with E-state index in [9.17, 15) is 4.79 Å². The maximum absolute atomic E-state index is 12.9. The summed E-state index contributed by atoms with van der Waals surface area (Å²) in [5.74, 6) is 1.99. The van der Waals surface area contributed by atoms with Crippen LogP contribution in [0.15, 0.2) is 55.7 Å². The number of thioether (sulfide) groups is 1. The van der Waals surface area contributed by atoms with Crippen molar-refractivity contribution in [1.29, 1.82) is 0 Å². The lowest BCUT2D eigenvalue weighted by Gasteiger charge is -2.11. The van der Waals surface area contributed by atoms with E-state index in [0.717, 1.165) is 20.4 Å². The summed E-state index contributed by atoms with van der Waals surface area (Å²) in [4.78, 5) is 22.4. The number of furan rings is 1. The Balaban J connectivity index is 1.47. The Labute approximate surface area is 183 Å². The lowest BCUT2D eigenvalue weighted by molar-refractivity contribution is 0.567. The molecule has 0 spiro atoms. The predicted octanol–water partition coefficient (Wildman–Crippen LogP) is 5.44. The minimum absolute atomic E-state index is 0.103. The first-order chi connectivity index (χ1) is 14.7. The van der Waals surface area contributed by atoms with Crippen LogP contribution in [0.4, 0.5) is 0 Å². The Kier molecular flexibility index (Phi) is 5.05. The Morgan fingerprint density at radius 2 is 2.17 bits per heavy atom. The summed E-state index contributed by atoms with van der Waals surface area (Å²) in [6.45, 7) is 4.74. The van der Waals surface area contributed by atoms with E-state index in [1.165, 1.54) is 23.1 Å². The van der Waals surface area contributed by atoms with Crippen molar-refractivity contribution in [3.05, 3.63) is 57.5 Å². The monoisotopic (exact) mass is 455 g/mol. The molecule has 5 aromatic heterocycles. The van der Waals surface area contributed by atoms with Crippen LogP contribution in [0, 0.1) is 0 Å². The summed E-state index contributed by atoms with van der Waals surface area (Å²) in [5, 5.41) is 13.9. The second kappa shape index (κ2) is 7.86. The summed E-state index contributed by atoms with van der Waals surface area (Å²) in [6.07, 6.45) is 1.62. The first-order valence-electron chi connectivity index (χ1n) is 9.34. The fourth-order valence-corrected chi connectivity index (χ4v) is 5.97. The molecule has 0 aliphatic rings. The highest BCUT2D eigenvalue weighted by Crippen LogP contribution is 2.37. The molecule has 0 aliphatic carbocycles. The van der Waals surface area contributed by atoms with Crippen LogP contribution in [-0.4, -0.2) is 24.7 Å². The Morgan fingerprint density at radius 3 is 2.90 bits per heavy atom. The highest BCUT2D eigenvalue weighted by Gasteiger charge is 2.21. The van der Waals surface area contributed by atoms with E-state index in [4.69, 9.17) is 9.40 Å². The van der Waals surface area contributed by atoms with Gasteiger partial charge in [0.25, 0.3) is 5.56 Å². The van der Waals surface area contributed by atoms with Crippen LogP contribution in [0.2, 0.25) is 0 Å². The molecule has 0 fully saturated rings. The van der Waals surface area contributed by atoms with Crippen LogP contribution < -0.4 is 5.56 Å². The van der Waals surface area contributed by atoms with E-state index >= 15 is 0 Å². The van der Waals surface area contributed by atoms with E-state index in [1.54, 1.807) is 17.6 Å². The highest BCUT2D eigenvalue weighted by atomic mass is 32.2. The SMILES string of the molecule is CCn1c(SC(C)c2nc3scc(-c4cccs4)c3c(=O)[nH]2)nnc1-c1ccco1. The first kappa shape index (κ1) is 19.3. The van der Waals surface area contributed by atoms with Gasteiger partial charge in [-0.25, -0.2) is 4.98 Å². The third-order valence-electron chi connectivity index (χ3n) is 4.69. The minimum Gasteiger partial charge on any atom is -0.461 e. The smallest absolute Gasteiger partial charge is 0.260 e. The molecular weight excluding hydrogens is 438 g/mol. The van der Waals surface area contributed by atoms with Gasteiger partial charge in [-0.2, -0.15) is 0 Å². The average Bonchev–Trinajstić information content (AvgIpc) is 3.53. The van der Waals surface area contributed by atoms with E-state index in [-0.39, 0.29) is 10.8 Å². The molecule has 0 saturated heterocycles. The molecule has 7 nitrogen and oxygen atoms in total. The maximum atomic E-state index is 12.9. The number of hydrogen-bond donors (Lipinski definition) is 1. The van der Waals surface area contributed by atoms with Crippen molar-refractivity contribution in [2.75, 3.05) is 0 Å². The van der Waals surface area contributed by atoms with Crippen LogP contribution in [0.25, 0.3) is 32.2 Å². The van der Waals surface area contributed by atoms with Gasteiger partial charge in [-0.3, -0.25) is 9.36 Å². The topological polar surface area (TPSA) is 89.6 Å². The second-order valence-electron chi connectivity index (χ2n) is 6.55. The lowest BCUT2D eigenvalue weighted by atomic mass is 10.2. The zero-order valence-electron chi connectivity index (χ0n) is 16.2. The normalized spacial score (nSPS) is 12.6. The maximum Gasteiger partial charge on any atom is 0.260 e. The van der Waals surface area contributed by atoms with Gasteiger partial charge < -0.3 is 9.40 Å². The molecule has 152 valence electrons. The number of aromatic amines is 1. The Bertz CT molecular complexity index is 1350. The number of H-pyrrole nitrogens is 1. The number of aromatic nitrogens is 5. The largest absolute Gasteiger partial charge is 0.461 e. The van der Waals surface area contributed by atoms with Gasteiger partial charge in [-0.1, -0.05) is 17.8 Å². The van der Waals surface area contributed by atoms with E-state index in [1.807, 2.05) is 53.4 Å². The lowest BCUT2D eigenvalue weighted by Crippen LogP contribution is -2.12. The zero-order valence-corrected chi connectivity index (χ0v) is 18.6. The molecule has 1 atom stereocenters. The summed E-state index contributed by atoms with van der Waals surface area (Å²) >= 11 is 4.62. The van der Waals surface area contributed by atoms with Crippen molar-refractivity contribution in [3.63, 3.8) is 0 Å². The second-order valence-corrected chi connectivity index (χ2v) is 9.66. The van der Waals surface area contributed by atoms with Crippen molar-refractivity contribution in [2.45, 2.75) is 30.8 Å². The van der Waals surface area contributed by atoms with Crippen LogP contribution in [0.1, 0.15) is 24.9 Å².